The molecule has 2 rings (SSSR count). The molecule has 0 radical (unpaired) electrons. The number of hydrogen-bond acceptors (Lipinski definition) is 4. The van der Waals surface area contributed by atoms with Crippen LogP contribution < -0.4 is 5.32 Å². The highest BCUT2D eigenvalue weighted by atomic mass is 35.5. The first-order valence-corrected chi connectivity index (χ1v) is 7.09. The van der Waals surface area contributed by atoms with E-state index in [-0.39, 0.29) is 12.6 Å². The first-order chi connectivity index (χ1) is 7.81. The van der Waals surface area contributed by atoms with Crippen LogP contribution in [0.5, 0.6) is 0 Å². The van der Waals surface area contributed by atoms with Gasteiger partial charge in [-0.1, -0.05) is 11.6 Å². The van der Waals surface area contributed by atoms with Crippen LogP contribution >= 0.6 is 34.3 Å². The molecule has 0 spiro atoms. The van der Waals surface area contributed by atoms with E-state index in [9.17, 15) is 5.11 Å². The Bertz CT molecular complexity index is 427. The molecule has 0 aromatic carbocycles. The maximum Gasteiger partial charge on any atom is 0.0626 e. The normalized spacial score (nSPS) is 12.9. The summed E-state index contributed by atoms with van der Waals surface area (Å²) in [6.07, 6.45) is 0. The first kappa shape index (κ1) is 12.1. The van der Waals surface area contributed by atoms with E-state index < -0.39 is 0 Å². The lowest BCUT2D eigenvalue weighted by Gasteiger charge is -2.14. The van der Waals surface area contributed by atoms with Gasteiger partial charge >= 0.3 is 0 Å². The van der Waals surface area contributed by atoms with Gasteiger partial charge in [0.1, 0.15) is 0 Å². The Labute approximate surface area is 108 Å². The van der Waals surface area contributed by atoms with Gasteiger partial charge in [-0.15, -0.1) is 11.3 Å². The summed E-state index contributed by atoms with van der Waals surface area (Å²) in [7, 11) is 0. The zero-order valence-corrected chi connectivity index (χ0v) is 10.9. The lowest BCUT2D eigenvalue weighted by Crippen LogP contribution is -2.23. The standard InChI is InChI=1S/C11H12ClNOS2/c12-9-2-4-16-11(9)5-13-10(6-14)8-1-3-15-7-8/h1-4,7,10,13-14H,5-6H2/t10-/m1/s1. The van der Waals surface area contributed by atoms with Crippen LogP contribution in [-0.2, 0) is 6.54 Å². The molecule has 0 saturated carbocycles. The highest BCUT2D eigenvalue weighted by Gasteiger charge is 2.11. The zero-order valence-electron chi connectivity index (χ0n) is 8.52. The summed E-state index contributed by atoms with van der Waals surface area (Å²) < 4.78 is 0. The minimum absolute atomic E-state index is 0.00980. The summed E-state index contributed by atoms with van der Waals surface area (Å²) in [5.74, 6) is 0. The molecule has 5 heteroatoms. The van der Waals surface area contributed by atoms with Crippen molar-refractivity contribution in [2.75, 3.05) is 6.61 Å². The van der Waals surface area contributed by atoms with Crippen LogP contribution in [-0.4, -0.2) is 11.7 Å². The molecule has 1 atom stereocenters. The molecule has 0 unspecified atom stereocenters. The Kier molecular flexibility index (Phi) is 4.37. The van der Waals surface area contributed by atoms with Gasteiger partial charge in [-0.25, -0.2) is 0 Å². The predicted molar refractivity (Wildman–Crippen MR) is 70.3 cm³/mol. The van der Waals surface area contributed by atoms with Crippen molar-refractivity contribution >= 4 is 34.3 Å². The molecule has 0 amide bonds. The van der Waals surface area contributed by atoms with E-state index >= 15 is 0 Å². The van der Waals surface area contributed by atoms with Crippen LogP contribution in [0.1, 0.15) is 16.5 Å². The summed E-state index contributed by atoms with van der Waals surface area (Å²) in [5, 5.41) is 19.4. The summed E-state index contributed by atoms with van der Waals surface area (Å²) in [6.45, 7) is 0.789. The third-order valence-electron chi connectivity index (χ3n) is 2.33. The van der Waals surface area contributed by atoms with Crippen molar-refractivity contribution in [2.45, 2.75) is 12.6 Å². The van der Waals surface area contributed by atoms with E-state index in [0.717, 1.165) is 15.5 Å². The summed E-state index contributed by atoms with van der Waals surface area (Å²) in [4.78, 5) is 1.11. The smallest absolute Gasteiger partial charge is 0.0626 e. The number of hydrogen-bond donors (Lipinski definition) is 2. The monoisotopic (exact) mass is 273 g/mol. The summed E-state index contributed by atoms with van der Waals surface area (Å²) in [6, 6.07) is 3.90. The maximum absolute atomic E-state index is 9.31. The number of aliphatic hydroxyl groups is 1. The van der Waals surface area contributed by atoms with Gasteiger partial charge < -0.3 is 10.4 Å². The van der Waals surface area contributed by atoms with Crippen LogP contribution in [0.25, 0.3) is 0 Å². The number of aliphatic hydroxyl groups excluding tert-OH is 1. The van der Waals surface area contributed by atoms with E-state index in [1.165, 1.54) is 0 Å². The fourth-order valence-electron chi connectivity index (χ4n) is 1.43. The molecule has 2 N–H and O–H groups in total. The number of rotatable bonds is 5. The van der Waals surface area contributed by atoms with Crippen LogP contribution in [0.4, 0.5) is 0 Å². The second-order valence-corrected chi connectivity index (χ2v) is 5.55. The number of thiophene rings is 2. The highest BCUT2D eigenvalue weighted by molar-refractivity contribution is 7.10. The van der Waals surface area contributed by atoms with Gasteiger partial charge in [0.2, 0.25) is 0 Å². The molecule has 0 saturated heterocycles. The van der Waals surface area contributed by atoms with Gasteiger partial charge in [-0.3, -0.25) is 0 Å². The molecule has 0 aliphatic rings. The van der Waals surface area contributed by atoms with Gasteiger partial charge in [0, 0.05) is 11.4 Å². The summed E-state index contributed by atoms with van der Waals surface area (Å²) in [5.41, 5.74) is 1.13. The van der Waals surface area contributed by atoms with Crippen molar-refractivity contribution in [1.29, 1.82) is 0 Å². The van der Waals surface area contributed by atoms with Crippen molar-refractivity contribution in [3.8, 4) is 0 Å². The third-order valence-corrected chi connectivity index (χ3v) is 4.42. The molecular weight excluding hydrogens is 262 g/mol. The molecular formula is C11H12ClNOS2. The molecule has 86 valence electrons. The molecule has 2 aromatic rings. The Balaban J connectivity index is 1.96. The van der Waals surface area contributed by atoms with E-state index in [0.29, 0.717) is 6.54 Å². The number of nitrogens with one attached hydrogen (secondary N) is 1. The lowest BCUT2D eigenvalue weighted by molar-refractivity contribution is 0.244. The van der Waals surface area contributed by atoms with E-state index in [1.807, 2.05) is 28.3 Å². The molecule has 0 aliphatic heterocycles. The zero-order chi connectivity index (χ0) is 11.4. The predicted octanol–water partition coefficient (Wildman–Crippen LogP) is 3.29. The largest absolute Gasteiger partial charge is 0.394 e. The summed E-state index contributed by atoms with van der Waals surface area (Å²) >= 11 is 9.26. The second kappa shape index (κ2) is 5.80. The van der Waals surface area contributed by atoms with E-state index in [1.54, 1.807) is 22.7 Å². The van der Waals surface area contributed by atoms with Gasteiger partial charge in [0.15, 0.2) is 0 Å². The molecule has 16 heavy (non-hydrogen) atoms. The number of halogens is 1. The van der Waals surface area contributed by atoms with Crippen molar-refractivity contribution in [3.63, 3.8) is 0 Å². The van der Waals surface area contributed by atoms with Crippen molar-refractivity contribution in [2.24, 2.45) is 0 Å². The molecule has 2 nitrogen and oxygen atoms in total. The molecule has 2 aromatic heterocycles. The molecule has 0 bridgehead atoms. The lowest BCUT2D eigenvalue weighted by atomic mass is 10.1. The minimum atomic E-state index is -0.00980. The van der Waals surface area contributed by atoms with Crippen LogP contribution in [0.3, 0.4) is 0 Å². The van der Waals surface area contributed by atoms with Gasteiger partial charge in [0.05, 0.1) is 17.7 Å². The van der Waals surface area contributed by atoms with Crippen LogP contribution in [0.2, 0.25) is 5.02 Å². The second-order valence-electron chi connectivity index (χ2n) is 3.36. The minimum Gasteiger partial charge on any atom is -0.394 e. The third kappa shape index (κ3) is 2.84. The van der Waals surface area contributed by atoms with Crippen LogP contribution in [0, 0.1) is 0 Å². The van der Waals surface area contributed by atoms with Gasteiger partial charge in [0.25, 0.3) is 0 Å². The Morgan fingerprint density at radius 3 is 2.81 bits per heavy atom. The van der Waals surface area contributed by atoms with Crippen molar-refractivity contribution in [3.05, 3.63) is 43.7 Å². The van der Waals surface area contributed by atoms with Crippen molar-refractivity contribution in [1.82, 2.24) is 5.32 Å². The van der Waals surface area contributed by atoms with Gasteiger partial charge in [-0.05, 0) is 33.8 Å². The quantitative estimate of drug-likeness (QED) is 0.876. The average molecular weight is 274 g/mol. The molecule has 0 fully saturated rings. The highest BCUT2D eigenvalue weighted by Crippen LogP contribution is 2.23. The Morgan fingerprint density at radius 1 is 1.38 bits per heavy atom. The van der Waals surface area contributed by atoms with E-state index in [2.05, 4.69) is 5.32 Å². The topological polar surface area (TPSA) is 32.3 Å². The Morgan fingerprint density at radius 2 is 2.25 bits per heavy atom. The maximum atomic E-state index is 9.31. The van der Waals surface area contributed by atoms with E-state index in [4.69, 9.17) is 11.6 Å². The fraction of sp³-hybridized carbons (Fsp3) is 0.273. The SMILES string of the molecule is OC[C@@H](NCc1sccc1Cl)c1ccsc1. The first-order valence-electron chi connectivity index (χ1n) is 4.89. The molecule has 2 heterocycles. The Hall–Kier alpha value is -0.390. The fourth-order valence-corrected chi connectivity index (χ4v) is 3.20. The average Bonchev–Trinajstić information content (AvgIpc) is 2.92. The molecule has 0 aliphatic carbocycles. The van der Waals surface area contributed by atoms with Crippen LogP contribution in [0.15, 0.2) is 28.3 Å². The van der Waals surface area contributed by atoms with Gasteiger partial charge in [-0.2, -0.15) is 11.3 Å². The van der Waals surface area contributed by atoms with Crippen molar-refractivity contribution < 1.29 is 5.11 Å².